The summed E-state index contributed by atoms with van der Waals surface area (Å²) >= 11 is 0. The number of tetrazole rings is 1. The summed E-state index contributed by atoms with van der Waals surface area (Å²) in [5.41, 5.74) is 2.03. The van der Waals surface area contributed by atoms with Crippen molar-refractivity contribution in [3.63, 3.8) is 0 Å². The fraction of sp³-hybridized carbons (Fsp3) is 0.407. The van der Waals surface area contributed by atoms with Gasteiger partial charge in [-0.25, -0.2) is 9.07 Å². The molecular formula is C27H31FN6O2. The maximum atomic E-state index is 13.5. The molecule has 4 aromatic rings. The first-order valence-corrected chi connectivity index (χ1v) is 12.6. The minimum Gasteiger partial charge on any atom is -0.494 e. The molecule has 2 aromatic heterocycles. The van der Waals surface area contributed by atoms with Crippen LogP contribution in [0.2, 0.25) is 0 Å². The number of aromatic nitrogens is 5. The van der Waals surface area contributed by atoms with Crippen molar-refractivity contribution >= 4 is 10.9 Å². The predicted molar refractivity (Wildman–Crippen MR) is 136 cm³/mol. The van der Waals surface area contributed by atoms with Crippen molar-refractivity contribution in [3.8, 4) is 5.75 Å². The van der Waals surface area contributed by atoms with Crippen molar-refractivity contribution < 1.29 is 9.13 Å². The Hall–Kier alpha value is -3.59. The number of halogens is 1. The van der Waals surface area contributed by atoms with E-state index in [0.29, 0.717) is 30.6 Å². The summed E-state index contributed by atoms with van der Waals surface area (Å²) in [6, 6.07) is 13.7. The molecule has 0 radical (unpaired) electrons. The third-order valence-corrected chi connectivity index (χ3v) is 7.06. The Bertz CT molecular complexity index is 1380. The molecule has 36 heavy (non-hydrogen) atoms. The number of hydrogen-bond acceptors (Lipinski definition) is 6. The first-order chi connectivity index (χ1) is 17.5. The number of nitrogens with zero attached hydrogens (tertiary/aromatic N) is 5. The van der Waals surface area contributed by atoms with Gasteiger partial charge in [-0.2, -0.15) is 0 Å². The van der Waals surface area contributed by atoms with E-state index >= 15 is 0 Å². The number of H-pyrrole nitrogens is 1. The van der Waals surface area contributed by atoms with E-state index in [9.17, 15) is 9.18 Å². The first-order valence-electron chi connectivity index (χ1n) is 12.6. The summed E-state index contributed by atoms with van der Waals surface area (Å²) in [5, 5.41) is 13.5. The molecule has 0 spiro atoms. The summed E-state index contributed by atoms with van der Waals surface area (Å²) in [7, 11) is 2.05. The van der Waals surface area contributed by atoms with Crippen LogP contribution in [-0.2, 0) is 6.54 Å². The van der Waals surface area contributed by atoms with Crippen molar-refractivity contribution in [1.82, 2.24) is 30.1 Å². The third kappa shape index (κ3) is 5.02. The molecule has 0 aliphatic heterocycles. The number of pyridine rings is 1. The van der Waals surface area contributed by atoms with E-state index in [1.807, 2.05) is 31.2 Å². The molecule has 2 heterocycles. The molecule has 0 amide bonds. The van der Waals surface area contributed by atoms with E-state index < -0.39 is 6.04 Å². The van der Waals surface area contributed by atoms with Crippen molar-refractivity contribution in [3.05, 3.63) is 81.7 Å². The van der Waals surface area contributed by atoms with Crippen LogP contribution in [0.5, 0.6) is 5.75 Å². The molecule has 2 aromatic carbocycles. The second-order valence-electron chi connectivity index (χ2n) is 9.42. The van der Waals surface area contributed by atoms with Crippen LogP contribution in [0.3, 0.4) is 0 Å². The highest BCUT2D eigenvalue weighted by molar-refractivity contribution is 5.80. The summed E-state index contributed by atoms with van der Waals surface area (Å²) in [5.74, 6) is 1.04. The van der Waals surface area contributed by atoms with Gasteiger partial charge in [0.25, 0.3) is 5.56 Å². The van der Waals surface area contributed by atoms with E-state index in [-0.39, 0.29) is 11.4 Å². The van der Waals surface area contributed by atoms with Crippen LogP contribution >= 0.6 is 0 Å². The Morgan fingerprint density at radius 3 is 2.67 bits per heavy atom. The van der Waals surface area contributed by atoms with E-state index in [2.05, 4.69) is 32.5 Å². The first kappa shape index (κ1) is 24.1. The highest BCUT2D eigenvalue weighted by atomic mass is 19.1. The van der Waals surface area contributed by atoms with Crippen LogP contribution in [0.1, 0.15) is 62.0 Å². The minimum absolute atomic E-state index is 0.171. The Morgan fingerprint density at radius 2 is 1.92 bits per heavy atom. The summed E-state index contributed by atoms with van der Waals surface area (Å²) < 4.78 is 20.8. The zero-order valence-corrected chi connectivity index (χ0v) is 20.7. The van der Waals surface area contributed by atoms with Gasteiger partial charge in [-0.15, -0.1) is 5.10 Å². The predicted octanol–water partition coefficient (Wildman–Crippen LogP) is 4.45. The molecule has 1 aliphatic rings. The maximum absolute atomic E-state index is 13.5. The van der Waals surface area contributed by atoms with Crippen molar-refractivity contribution in [1.29, 1.82) is 0 Å². The second kappa shape index (κ2) is 10.6. The smallest absolute Gasteiger partial charge is 0.253 e. The van der Waals surface area contributed by atoms with Crippen molar-refractivity contribution in [2.75, 3.05) is 13.7 Å². The van der Waals surface area contributed by atoms with Crippen LogP contribution in [0, 0.1) is 5.82 Å². The second-order valence-corrected chi connectivity index (χ2v) is 9.42. The molecule has 0 saturated heterocycles. The minimum atomic E-state index is -0.451. The van der Waals surface area contributed by atoms with E-state index in [1.165, 1.54) is 18.6 Å². The van der Waals surface area contributed by atoms with Gasteiger partial charge < -0.3 is 9.72 Å². The largest absolute Gasteiger partial charge is 0.494 e. The molecule has 0 unspecified atom stereocenters. The van der Waals surface area contributed by atoms with Crippen LogP contribution < -0.4 is 10.3 Å². The van der Waals surface area contributed by atoms with Gasteiger partial charge in [-0.1, -0.05) is 31.4 Å². The molecule has 9 heteroatoms. The average Bonchev–Trinajstić information content (AvgIpc) is 3.34. The molecule has 1 fully saturated rings. The van der Waals surface area contributed by atoms with Crippen LogP contribution in [-0.4, -0.2) is 49.8 Å². The lowest BCUT2D eigenvalue weighted by Crippen LogP contribution is -2.40. The molecule has 188 valence electrons. The molecule has 1 saturated carbocycles. The topological polar surface area (TPSA) is 88.9 Å². The molecule has 1 N–H and O–H groups in total. The van der Waals surface area contributed by atoms with Crippen LogP contribution in [0.4, 0.5) is 4.39 Å². The standard InChI is InChI=1S/C27H31FN6O2/c1-3-36-22-13-14-24-19(15-22)16-23(27(35)29-24)25(33(2)21-7-5-4-6-8-21)26-30-31-32-34(26)17-18-9-11-20(28)12-10-18/h9-16,21,25H,3-8,17H2,1-2H3,(H,29,35)/t25-/m0/s1. The van der Waals surface area contributed by atoms with Gasteiger partial charge in [0, 0.05) is 22.5 Å². The van der Waals surface area contributed by atoms with Crippen molar-refractivity contribution in [2.24, 2.45) is 0 Å². The van der Waals surface area contributed by atoms with Crippen LogP contribution in [0.15, 0.2) is 53.3 Å². The quantitative estimate of drug-likeness (QED) is 0.392. The Balaban J connectivity index is 1.60. The molecule has 5 rings (SSSR count). The molecule has 8 nitrogen and oxygen atoms in total. The lowest BCUT2D eigenvalue weighted by atomic mass is 9.92. The molecule has 0 bridgehead atoms. The lowest BCUT2D eigenvalue weighted by molar-refractivity contribution is 0.149. The molecule has 1 atom stereocenters. The monoisotopic (exact) mass is 490 g/mol. The Morgan fingerprint density at radius 1 is 1.14 bits per heavy atom. The zero-order chi connectivity index (χ0) is 25.1. The van der Waals surface area contributed by atoms with Crippen molar-refractivity contribution in [2.45, 2.75) is 57.7 Å². The van der Waals surface area contributed by atoms with E-state index in [0.717, 1.165) is 47.9 Å². The number of rotatable bonds is 8. The van der Waals surface area contributed by atoms with Gasteiger partial charge in [0.05, 0.1) is 13.2 Å². The number of aromatic amines is 1. The zero-order valence-electron chi connectivity index (χ0n) is 20.7. The van der Waals surface area contributed by atoms with Gasteiger partial charge in [0.1, 0.15) is 17.6 Å². The molecule has 1 aliphatic carbocycles. The summed E-state index contributed by atoms with van der Waals surface area (Å²) in [6.45, 7) is 2.88. The van der Waals surface area contributed by atoms with Crippen LogP contribution in [0.25, 0.3) is 10.9 Å². The normalized spacial score (nSPS) is 15.4. The van der Waals surface area contributed by atoms with E-state index in [1.54, 1.807) is 16.8 Å². The van der Waals surface area contributed by atoms with Gasteiger partial charge in [0.2, 0.25) is 0 Å². The average molecular weight is 491 g/mol. The fourth-order valence-corrected chi connectivity index (χ4v) is 5.18. The Kier molecular flexibility index (Phi) is 7.09. The number of hydrogen-bond donors (Lipinski definition) is 1. The van der Waals surface area contributed by atoms with Gasteiger partial charge in [-0.3, -0.25) is 9.69 Å². The Labute approximate surface area is 209 Å². The highest BCUT2D eigenvalue weighted by Crippen LogP contribution is 2.32. The third-order valence-electron chi connectivity index (χ3n) is 7.06. The SMILES string of the molecule is CCOc1ccc2[nH]c(=O)c([C@@H](c3nnnn3Cc3ccc(F)cc3)N(C)C3CCCCC3)cc2c1. The lowest BCUT2D eigenvalue weighted by Gasteiger charge is -2.36. The fourth-order valence-electron chi connectivity index (χ4n) is 5.18. The number of benzene rings is 2. The maximum Gasteiger partial charge on any atom is 0.253 e. The number of nitrogens with one attached hydrogen (secondary N) is 1. The number of fused-ring (bicyclic) bond motifs is 1. The molecular weight excluding hydrogens is 459 g/mol. The summed E-state index contributed by atoms with van der Waals surface area (Å²) in [4.78, 5) is 18.7. The number of ether oxygens (including phenoxy) is 1. The summed E-state index contributed by atoms with van der Waals surface area (Å²) in [6.07, 6.45) is 5.68. The van der Waals surface area contributed by atoms with Gasteiger partial charge in [0.15, 0.2) is 5.82 Å². The van der Waals surface area contributed by atoms with E-state index in [4.69, 9.17) is 4.74 Å². The highest BCUT2D eigenvalue weighted by Gasteiger charge is 2.33. The van der Waals surface area contributed by atoms with Gasteiger partial charge >= 0.3 is 0 Å². The van der Waals surface area contributed by atoms with Gasteiger partial charge in [-0.05, 0) is 79.2 Å².